The molecule has 1 N–H and O–H groups in total. The summed E-state index contributed by atoms with van der Waals surface area (Å²) < 4.78 is 4.78. The number of ether oxygens (including phenoxy) is 1. The molecule has 2 atom stereocenters. The van der Waals surface area contributed by atoms with E-state index in [0.717, 1.165) is 19.5 Å². The van der Waals surface area contributed by atoms with Crippen molar-refractivity contribution in [3.63, 3.8) is 0 Å². The zero-order chi connectivity index (χ0) is 14.4. The number of nitrogens with zero attached hydrogens (tertiary/aromatic N) is 1. The Hall–Kier alpha value is -1.10. The van der Waals surface area contributed by atoms with Crippen molar-refractivity contribution in [3.8, 4) is 0 Å². The minimum atomic E-state index is -0.171. The summed E-state index contributed by atoms with van der Waals surface area (Å²) in [5.74, 6) is 0.605. The SMILES string of the molecule is COC(=O)C1CN(CC(=O)NCCC(C)C)CC1C. The van der Waals surface area contributed by atoms with Gasteiger partial charge in [-0.3, -0.25) is 14.5 Å². The number of hydrogen-bond acceptors (Lipinski definition) is 4. The lowest BCUT2D eigenvalue weighted by molar-refractivity contribution is -0.146. The number of carbonyl (C=O) groups excluding carboxylic acids is 2. The van der Waals surface area contributed by atoms with Gasteiger partial charge in [0.15, 0.2) is 0 Å². The number of amides is 1. The van der Waals surface area contributed by atoms with E-state index in [2.05, 4.69) is 19.2 Å². The van der Waals surface area contributed by atoms with E-state index in [1.807, 2.05) is 11.8 Å². The van der Waals surface area contributed by atoms with E-state index < -0.39 is 0 Å². The summed E-state index contributed by atoms with van der Waals surface area (Å²) >= 11 is 0. The van der Waals surface area contributed by atoms with Crippen LogP contribution in [0.2, 0.25) is 0 Å². The number of rotatable bonds is 6. The van der Waals surface area contributed by atoms with E-state index >= 15 is 0 Å². The predicted octanol–water partition coefficient (Wildman–Crippen LogP) is 0.890. The van der Waals surface area contributed by atoms with Crippen LogP contribution in [-0.2, 0) is 14.3 Å². The Bertz CT molecular complexity index is 318. The van der Waals surface area contributed by atoms with Gasteiger partial charge in [-0.15, -0.1) is 0 Å². The van der Waals surface area contributed by atoms with E-state index in [0.29, 0.717) is 19.0 Å². The van der Waals surface area contributed by atoms with Gasteiger partial charge in [0.25, 0.3) is 0 Å². The summed E-state index contributed by atoms with van der Waals surface area (Å²) in [6, 6.07) is 0. The highest BCUT2D eigenvalue weighted by atomic mass is 16.5. The molecular formula is C14H26N2O3. The second kappa shape index (κ2) is 7.48. The Kier molecular flexibility index (Phi) is 6.28. The summed E-state index contributed by atoms with van der Waals surface area (Å²) in [4.78, 5) is 25.3. The van der Waals surface area contributed by atoms with Crippen molar-refractivity contribution in [2.45, 2.75) is 27.2 Å². The monoisotopic (exact) mass is 270 g/mol. The van der Waals surface area contributed by atoms with Crippen LogP contribution in [0.4, 0.5) is 0 Å². The largest absolute Gasteiger partial charge is 0.469 e. The standard InChI is InChI=1S/C14H26N2O3/c1-10(2)5-6-15-13(17)9-16-7-11(3)12(8-16)14(18)19-4/h10-12H,5-9H2,1-4H3,(H,15,17). The molecule has 0 aromatic carbocycles. The first-order valence-corrected chi connectivity index (χ1v) is 7.01. The maximum atomic E-state index is 11.8. The van der Waals surface area contributed by atoms with Gasteiger partial charge in [0.2, 0.25) is 5.91 Å². The molecule has 1 aliphatic rings. The molecule has 5 heteroatoms. The summed E-state index contributed by atoms with van der Waals surface area (Å²) in [6.45, 7) is 8.78. The smallest absolute Gasteiger partial charge is 0.310 e. The van der Waals surface area contributed by atoms with Crippen LogP contribution in [0.3, 0.4) is 0 Å². The molecule has 0 aromatic heterocycles. The molecule has 1 rings (SSSR count). The van der Waals surface area contributed by atoms with Crippen LogP contribution in [0.5, 0.6) is 0 Å². The average Bonchev–Trinajstić information content (AvgIpc) is 2.68. The number of nitrogens with one attached hydrogen (secondary N) is 1. The lowest BCUT2D eigenvalue weighted by Gasteiger charge is -2.15. The molecule has 0 aliphatic carbocycles. The van der Waals surface area contributed by atoms with Gasteiger partial charge in [-0.2, -0.15) is 0 Å². The number of carbonyl (C=O) groups is 2. The van der Waals surface area contributed by atoms with Gasteiger partial charge in [-0.05, 0) is 18.3 Å². The van der Waals surface area contributed by atoms with Crippen LogP contribution in [0.25, 0.3) is 0 Å². The van der Waals surface area contributed by atoms with E-state index in [1.165, 1.54) is 7.11 Å². The van der Waals surface area contributed by atoms with Gasteiger partial charge in [-0.1, -0.05) is 20.8 Å². The summed E-state index contributed by atoms with van der Waals surface area (Å²) in [7, 11) is 1.41. The number of likely N-dealkylation sites (tertiary alicyclic amines) is 1. The first-order chi connectivity index (χ1) is 8.93. The highest BCUT2D eigenvalue weighted by Gasteiger charge is 2.35. The van der Waals surface area contributed by atoms with Crippen LogP contribution in [0.15, 0.2) is 0 Å². The van der Waals surface area contributed by atoms with E-state index in [-0.39, 0.29) is 23.7 Å². The van der Waals surface area contributed by atoms with Gasteiger partial charge in [0, 0.05) is 19.6 Å². The first-order valence-electron chi connectivity index (χ1n) is 7.01. The third kappa shape index (κ3) is 5.19. The molecule has 110 valence electrons. The van der Waals surface area contributed by atoms with Gasteiger partial charge in [0.1, 0.15) is 0 Å². The minimum absolute atomic E-state index is 0.0402. The second-order valence-corrected chi connectivity index (χ2v) is 5.83. The van der Waals surface area contributed by atoms with Crippen LogP contribution >= 0.6 is 0 Å². The molecule has 0 bridgehead atoms. The third-order valence-corrected chi connectivity index (χ3v) is 3.60. The molecule has 0 spiro atoms. The van der Waals surface area contributed by atoms with Crippen molar-refractivity contribution in [3.05, 3.63) is 0 Å². The van der Waals surface area contributed by atoms with Gasteiger partial charge in [-0.25, -0.2) is 0 Å². The third-order valence-electron chi connectivity index (χ3n) is 3.60. The van der Waals surface area contributed by atoms with Crippen LogP contribution in [-0.4, -0.2) is 50.1 Å². The molecule has 1 amide bonds. The molecule has 0 aromatic rings. The Labute approximate surface area is 115 Å². The topological polar surface area (TPSA) is 58.6 Å². The first kappa shape index (κ1) is 16.0. The van der Waals surface area contributed by atoms with E-state index in [9.17, 15) is 9.59 Å². The molecule has 1 aliphatic heterocycles. The zero-order valence-electron chi connectivity index (χ0n) is 12.4. The van der Waals surface area contributed by atoms with Crippen molar-refractivity contribution >= 4 is 11.9 Å². The Morgan fingerprint density at radius 1 is 1.37 bits per heavy atom. The molecule has 1 saturated heterocycles. The summed E-state index contributed by atoms with van der Waals surface area (Å²) in [5, 5.41) is 2.92. The molecule has 0 radical (unpaired) electrons. The summed E-state index contributed by atoms with van der Waals surface area (Å²) in [6.07, 6.45) is 0.993. The molecule has 5 nitrogen and oxygen atoms in total. The average molecular weight is 270 g/mol. The van der Waals surface area contributed by atoms with Crippen molar-refractivity contribution in [2.75, 3.05) is 33.3 Å². The summed E-state index contributed by atoms with van der Waals surface area (Å²) in [5.41, 5.74) is 0. The lowest BCUT2D eigenvalue weighted by atomic mass is 9.99. The normalized spacial score (nSPS) is 23.6. The van der Waals surface area contributed by atoms with Crippen LogP contribution in [0, 0.1) is 17.8 Å². The highest BCUT2D eigenvalue weighted by molar-refractivity contribution is 5.78. The van der Waals surface area contributed by atoms with Crippen LogP contribution in [0.1, 0.15) is 27.2 Å². The fourth-order valence-electron chi connectivity index (χ4n) is 2.41. The van der Waals surface area contributed by atoms with Crippen molar-refractivity contribution in [2.24, 2.45) is 17.8 Å². The number of hydrogen-bond donors (Lipinski definition) is 1. The Morgan fingerprint density at radius 2 is 2.05 bits per heavy atom. The van der Waals surface area contributed by atoms with E-state index in [1.54, 1.807) is 0 Å². The van der Waals surface area contributed by atoms with Gasteiger partial charge in [0.05, 0.1) is 19.6 Å². The maximum Gasteiger partial charge on any atom is 0.310 e. The van der Waals surface area contributed by atoms with Crippen molar-refractivity contribution in [1.29, 1.82) is 0 Å². The molecular weight excluding hydrogens is 244 g/mol. The van der Waals surface area contributed by atoms with E-state index in [4.69, 9.17) is 4.74 Å². The van der Waals surface area contributed by atoms with Gasteiger partial charge >= 0.3 is 5.97 Å². The minimum Gasteiger partial charge on any atom is -0.469 e. The molecule has 2 unspecified atom stereocenters. The molecule has 1 heterocycles. The maximum absolute atomic E-state index is 11.8. The molecule has 0 saturated carbocycles. The fourth-order valence-corrected chi connectivity index (χ4v) is 2.41. The number of methoxy groups -OCH3 is 1. The Balaban J connectivity index is 2.31. The predicted molar refractivity (Wildman–Crippen MR) is 73.6 cm³/mol. The van der Waals surface area contributed by atoms with Crippen molar-refractivity contribution in [1.82, 2.24) is 10.2 Å². The second-order valence-electron chi connectivity index (χ2n) is 5.83. The van der Waals surface area contributed by atoms with Crippen molar-refractivity contribution < 1.29 is 14.3 Å². The highest BCUT2D eigenvalue weighted by Crippen LogP contribution is 2.23. The Morgan fingerprint density at radius 3 is 2.63 bits per heavy atom. The zero-order valence-corrected chi connectivity index (χ0v) is 12.4. The lowest BCUT2D eigenvalue weighted by Crippen LogP contribution is -2.37. The fraction of sp³-hybridized carbons (Fsp3) is 0.857. The van der Waals surface area contributed by atoms with Crippen LogP contribution < -0.4 is 5.32 Å². The molecule has 1 fully saturated rings. The quantitative estimate of drug-likeness (QED) is 0.728. The van der Waals surface area contributed by atoms with Gasteiger partial charge < -0.3 is 10.1 Å². The number of esters is 1. The molecule has 19 heavy (non-hydrogen) atoms.